The van der Waals surface area contributed by atoms with Crippen molar-refractivity contribution in [1.82, 2.24) is 15.2 Å². The summed E-state index contributed by atoms with van der Waals surface area (Å²) in [6, 6.07) is 10.8. The lowest BCUT2D eigenvalue weighted by atomic mass is 9.64. The van der Waals surface area contributed by atoms with Gasteiger partial charge < -0.3 is 15.2 Å². The number of nitrogens with zero attached hydrogens (tertiary/aromatic N) is 2. The number of rotatable bonds is 8. The summed E-state index contributed by atoms with van der Waals surface area (Å²) in [7, 11) is 1.68. The van der Waals surface area contributed by atoms with Gasteiger partial charge in [-0.3, -0.25) is 9.79 Å². The summed E-state index contributed by atoms with van der Waals surface area (Å²) in [6.07, 6.45) is 1.86. The molecule has 0 aliphatic heterocycles. The molecule has 0 spiro atoms. The third kappa shape index (κ3) is 5.89. The molecule has 1 aliphatic rings. The van der Waals surface area contributed by atoms with Gasteiger partial charge in [0.15, 0.2) is 5.96 Å². The Morgan fingerprint density at radius 1 is 1.13 bits per heavy atom. The number of aliphatic imine (C=N–C) groups is 1. The highest BCUT2D eigenvalue weighted by atomic mass is 19.4. The predicted octanol–water partition coefficient (Wildman–Crippen LogP) is 3.93. The summed E-state index contributed by atoms with van der Waals surface area (Å²) in [5.74, 6) is 0.634. The number of alkyl halides is 3. The van der Waals surface area contributed by atoms with Gasteiger partial charge in [-0.15, -0.1) is 0 Å². The second-order valence-electron chi connectivity index (χ2n) is 8.00. The van der Waals surface area contributed by atoms with Gasteiger partial charge in [-0.1, -0.05) is 30.7 Å². The van der Waals surface area contributed by atoms with Crippen LogP contribution in [0.25, 0.3) is 0 Å². The standard InChI is InChI=1S/C23H29F3N4O/c1-27-21(28-13-3-5-15-30-14-4-2-10-20(30)31)29-17-22(11-7-12-22)18-8-6-9-19(16-18)23(24,25)26/h2,4,6,8-10,14,16H,3,5,7,11-13,15,17H2,1H3,(H2,27,28,29). The van der Waals surface area contributed by atoms with Gasteiger partial charge in [0.1, 0.15) is 0 Å². The van der Waals surface area contributed by atoms with Gasteiger partial charge in [0.05, 0.1) is 5.56 Å². The number of benzene rings is 1. The number of pyridine rings is 1. The molecule has 1 saturated carbocycles. The van der Waals surface area contributed by atoms with Gasteiger partial charge in [0.2, 0.25) is 5.56 Å². The number of guanidine groups is 1. The summed E-state index contributed by atoms with van der Waals surface area (Å²) < 4.78 is 41.0. The quantitative estimate of drug-likeness (QED) is 0.376. The van der Waals surface area contributed by atoms with Crippen LogP contribution in [-0.2, 0) is 18.1 Å². The maximum Gasteiger partial charge on any atom is 0.416 e. The molecule has 2 N–H and O–H groups in total. The van der Waals surface area contributed by atoms with Crippen LogP contribution in [0.1, 0.15) is 43.2 Å². The zero-order valence-electron chi connectivity index (χ0n) is 17.7. The smallest absolute Gasteiger partial charge is 0.356 e. The monoisotopic (exact) mass is 434 g/mol. The summed E-state index contributed by atoms with van der Waals surface area (Å²) in [5.41, 5.74) is -0.178. The first-order valence-electron chi connectivity index (χ1n) is 10.6. The molecule has 0 atom stereocenters. The molecule has 1 heterocycles. The maximum atomic E-state index is 13.1. The SMILES string of the molecule is CN=C(NCCCCn1ccccc1=O)NCC1(c2cccc(C(F)(F)F)c2)CCC1. The largest absolute Gasteiger partial charge is 0.416 e. The van der Waals surface area contributed by atoms with Crippen molar-refractivity contribution in [3.05, 3.63) is 70.1 Å². The van der Waals surface area contributed by atoms with Gasteiger partial charge in [-0.25, -0.2) is 0 Å². The Labute approximate surface area is 180 Å². The van der Waals surface area contributed by atoms with E-state index in [0.29, 0.717) is 25.6 Å². The Morgan fingerprint density at radius 2 is 1.94 bits per heavy atom. The fraction of sp³-hybridized carbons (Fsp3) is 0.478. The van der Waals surface area contributed by atoms with Crippen molar-refractivity contribution in [3.63, 3.8) is 0 Å². The lowest BCUT2D eigenvalue weighted by Crippen LogP contribution is -2.49. The van der Waals surface area contributed by atoms with Gasteiger partial charge in [-0.2, -0.15) is 13.2 Å². The van der Waals surface area contributed by atoms with Crippen LogP contribution in [0.4, 0.5) is 13.2 Å². The van der Waals surface area contributed by atoms with Crippen LogP contribution in [-0.4, -0.2) is 30.7 Å². The van der Waals surface area contributed by atoms with Crippen molar-refractivity contribution in [2.24, 2.45) is 4.99 Å². The lowest BCUT2D eigenvalue weighted by molar-refractivity contribution is -0.137. The molecule has 5 nitrogen and oxygen atoms in total. The first kappa shape index (κ1) is 22.9. The average molecular weight is 435 g/mol. The van der Waals surface area contributed by atoms with Crippen molar-refractivity contribution < 1.29 is 13.2 Å². The third-order valence-corrected chi connectivity index (χ3v) is 5.95. The number of nitrogens with one attached hydrogen (secondary N) is 2. The van der Waals surface area contributed by atoms with E-state index in [0.717, 1.165) is 43.7 Å². The number of aryl methyl sites for hydroxylation is 1. The van der Waals surface area contributed by atoms with E-state index in [2.05, 4.69) is 15.6 Å². The highest BCUT2D eigenvalue weighted by Gasteiger charge is 2.40. The molecule has 0 bridgehead atoms. The molecular weight excluding hydrogens is 405 g/mol. The molecule has 0 unspecified atom stereocenters. The highest BCUT2D eigenvalue weighted by molar-refractivity contribution is 5.79. The van der Waals surface area contributed by atoms with Crippen molar-refractivity contribution in [2.45, 2.75) is 50.2 Å². The molecule has 168 valence electrons. The van der Waals surface area contributed by atoms with Gasteiger partial charge in [0.25, 0.3) is 0 Å². The number of halogens is 3. The Balaban J connectivity index is 1.49. The second-order valence-corrected chi connectivity index (χ2v) is 8.00. The van der Waals surface area contributed by atoms with E-state index in [4.69, 9.17) is 0 Å². The lowest BCUT2D eigenvalue weighted by Gasteiger charge is -2.43. The minimum absolute atomic E-state index is 0.00618. The Bertz CT molecular complexity index is 948. The molecule has 1 aromatic carbocycles. The molecule has 3 rings (SSSR count). The fourth-order valence-corrected chi connectivity index (χ4v) is 3.93. The molecule has 31 heavy (non-hydrogen) atoms. The number of hydrogen-bond acceptors (Lipinski definition) is 2. The van der Waals surface area contributed by atoms with E-state index in [-0.39, 0.29) is 11.0 Å². The van der Waals surface area contributed by atoms with Crippen LogP contribution in [0.15, 0.2) is 58.4 Å². The van der Waals surface area contributed by atoms with Crippen LogP contribution in [0.3, 0.4) is 0 Å². The molecule has 1 fully saturated rings. The molecule has 0 amide bonds. The van der Waals surface area contributed by atoms with E-state index >= 15 is 0 Å². The zero-order valence-corrected chi connectivity index (χ0v) is 17.7. The van der Waals surface area contributed by atoms with Gasteiger partial charge in [0, 0.05) is 44.4 Å². The highest BCUT2D eigenvalue weighted by Crippen LogP contribution is 2.44. The van der Waals surface area contributed by atoms with Crippen molar-refractivity contribution >= 4 is 5.96 Å². The van der Waals surface area contributed by atoms with Crippen LogP contribution < -0.4 is 16.2 Å². The Hall–Kier alpha value is -2.77. The number of unbranched alkanes of at least 4 members (excludes halogenated alkanes) is 1. The molecule has 8 heteroatoms. The van der Waals surface area contributed by atoms with Gasteiger partial charge in [-0.05, 0) is 43.4 Å². The summed E-state index contributed by atoms with van der Waals surface area (Å²) in [4.78, 5) is 15.9. The molecule has 1 aromatic heterocycles. The molecule has 0 saturated heterocycles. The first-order chi connectivity index (χ1) is 14.8. The minimum Gasteiger partial charge on any atom is -0.356 e. The van der Waals surface area contributed by atoms with Crippen LogP contribution in [0.2, 0.25) is 0 Å². The van der Waals surface area contributed by atoms with Crippen LogP contribution >= 0.6 is 0 Å². The minimum atomic E-state index is -4.34. The number of aromatic nitrogens is 1. The zero-order chi connectivity index (χ0) is 22.3. The van der Waals surface area contributed by atoms with E-state index in [9.17, 15) is 18.0 Å². The van der Waals surface area contributed by atoms with Crippen LogP contribution in [0, 0.1) is 0 Å². The Morgan fingerprint density at radius 3 is 2.58 bits per heavy atom. The Kier molecular flexibility index (Phi) is 7.41. The predicted molar refractivity (Wildman–Crippen MR) is 116 cm³/mol. The number of hydrogen-bond donors (Lipinski definition) is 2. The van der Waals surface area contributed by atoms with Gasteiger partial charge >= 0.3 is 6.18 Å². The summed E-state index contributed by atoms with van der Waals surface area (Å²) in [6.45, 7) is 1.89. The second kappa shape index (κ2) is 10.0. The molecule has 0 radical (unpaired) electrons. The van der Waals surface area contributed by atoms with Crippen LogP contribution in [0.5, 0.6) is 0 Å². The molecular formula is C23H29F3N4O. The van der Waals surface area contributed by atoms with E-state index in [1.807, 2.05) is 6.07 Å². The normalized spacial score (nSPS) is 15.9. The van der Waals surface area contributed by atoms with E-state index < -0.39 is 11.7 Å². The first-order valence-corrected chi connectivity index (χ1v) is 10.6. The van der Waals surface area contributed by atoms with E-state index in [1.54, 1.807) is 36.0 Å². The molecule has 1 aliphatic carbocycles. The van der Waals surface area contributed by atoms with Crippen molar-refractivity contribution in [2.75, 3.05) is 20.1 Å². The van der Waals surface area contributed by atoms with Crippen molar-refractivity contribution in [1.29, 1.82) is 0 Å². The van der Waals surface area contributed by atoms with Crippen molar-refractivity contribution in [3.8, 4) is 0 Å². The molecule has 2 aromatic rings. The summed E-state index contributed by atoms with van der Waals surface area (Å²) in [5, 5.41) is 6.54. The maximum absolute atomic E-state index is 13.1. The summed E-state index contributed by atoms with van der Waals surface area (Å²) >= 11 is 0. The topological polar surface area (TPSA) is 58.4 Å². The van der Waals surface area contributed by atoms with E-state index in [1.165, 1.54) is 12.1 Å². The fourth-order valence-electron chi connectivity index (χ4n) is 3.93. The average Bonchev–Trinajstić information content (AvgIpc) is 2.72. The third-order valence-electron chi connectivity index (χ3n) is 5.95.